The van der Waals surface area contributed by atoms with Gasteiger partial charge in [-0.25, -0.2) is 14.8 Å². The van der Waals surface area contributed by atoms with Crippen LogP contribution in [0.3, 0.4) is 0 Å². The van der Waals surface area contributed by atoms with E-state index >= 15 is 0 Å². The molecule has 6 rings (SSSR count). The minimum atomic E-state index is -0.156. The third-order valence-electron chi connectivity index (χ3n) is 6.72. The minimum absolute atomic E-state index is 0.0910. The fourth-order valence-electron chi connectivity index (χ4n) is 5.52. The van der Waals surface area contributed by atoms with Gasteiger partial charge in [0.2, 0.25) is 5.88 Å². The number of anilines is 1. The lowest BCUT2D eigenvalue weighted by atomic mass is 9.73. The first kappa shape index (κ1) is 20.0. The zero-order valence-electron chi connectivity index (χ0n) is 18.5. The van der Waals surface area contributed by atoms with Gasteiger partial charge in [-0.2, -0.15) is 0 Å². The van der Waals surface area contributed by atoms with E-state index in [9.17, 15) is 4.79 Å². The predicted octanol–water partition coefficient (Wildman–Crippen LogP) is 4.01. The summed E-state index contributed by atoms with van der Waals surface area (Å²) in [7, 11) is 0. The van der Waals surface area contributed by atoms with Gasteiger partial charge >= 0.3 is 6.09 Å². The molecule has 0 atom stereocenters. The molecular weight excluding hydrogens is 394 g/mol. The lowest BCUT2D eigenvalue weighted by Gasteiger charge is -2.61. The van der Waals surface area contributed by atoms with E-state index in [1.165, 1.54) is 0 Å². The first-order valence-corrected chi connectivity index (χ1v) is 11.1. The van der Waals surface area contributed by atoms with Gasteiger partial charge in [0.05, 0.1) is 17.4 Å². The van der Waals surface area contributed by atoms with E-state index in [2.05, 4.69) is 19.9 Å². The molecule has 0 N–H and O–H groups in total. The van der Waals surface area contributed by atoms with Gasteiger partial charge in [0.15, 0.2) is 5.75 Å². The van der Waals surface area contributed by atoms with Crippen molar-refractivity contribution in [3.8, 4) is 11.6 Å². The van der Waals surface area contributed by atoms with Crippen molar-refractivity contribution in [3.05, 3.63) is 35.9 Å². The quantitative estimate of drug-likeness (QED) is 0.735. The second-order valence-electron chi connectivity index (χ2n) is 9.12. The Bertz CT molecular complexity index is 965. The number of piperidine rings is 4. The molecule has 4 bridgehead atoms. The maximum Gasteiger partial charge on any atom is 0.410 e. The van der Waals surface area contributed by atoms with Gasteiger partial charge in [0, 0.05) is 30.4 Å². The summed E-state index contributed by atoms with van der Waals surface area (Å²) < 4.78 is 11.6. The molecular formula is C23H29N5O3. The number of rotatable bonds is 4. The Balaban J connectivity index is 1.38. The molecule has 1 amide bonds. The van der Waals surface area contributed by atoms with Gasteiger partial charge in [-0.15, -0.1) is 0 Å². The Morgan fingerprint density at radius 1 is 1.03 bits per heavy atom. The zero-order chi connectivity index (χ0) is 21.7. The highest BCUT2D eigenvalue weighted by molar-refractivity contribution is 5.70. The van der Waals surface area contributed by atoms with Crippen molar-refractivity contribution in [2.24, 2.45) is 0 Å². The predicted molar refractivity (Wildman–Crippen MR) is 115 cm³/mol. The molecule has 0 aromatic carbocycles. The first-order valence-electron chi connectivity index (χ1n) is 11.1. The second kappa shape index (κ2) is 7.66. The number of aromatic nitrogens is 3. The number of nitrogens with zero attached hydrogens (tertiary/aromatic N) is 5. The Kier molecular flexibility index (Phi) is 4.95. The van der Waals surface area contributed by atoms with Gasteiger partial charge < -0.3 is 19.3 Å². The molecule has 31 heavy (non-hydrogen) atoms. The van der Waals surface area contributed by atoms with Gasteiger partial charge in [0.1, 0.15) is 12.1 Å². The molecule has 4 aliphatic heterocycles. The van der Waals surface area contributed by atoms with Crippen molar-refractivity contribution in [1.29, 1.82) is 0 Å². The smallest absolute Gasteiger partial charge is 0.410 e. The fraction of sp³-hybridized carbons (Fsp3) is 0.565. The Labute approximate surface area is 182 Å². The molecule has 4 saturated heterocycles. The van der Waals surface area contributed by atoms with E-state index < -0.39 is 0 Å². The Morgan fingerprint density at radius 2 is 1.71 bits per heavy atom. The standard InChI is InChI=1S/C23H29N5O3/c1-13(2)30-23(29)28-18-8-16-9-19(28)11-17(10-18)27(16)21-14(3)22(26-12-25-21)31-20-6-5-7-24-15(20)4/h5-7,12-13,16-19H,8-11H2,1-4H3. The number of amides is 1. The van der Waals surface area contributed by atoms with Crippen molar-refractivity contribution in [2.45, 2.75) is 83.6 Å². The molecule has 4 fully saturated rings. The molecule has 0 saturated carbocycles. The summed E-state index contributed by atoms with van der Waals surface area (Å²) in [5.41, 5.74) is 1.76. The number of pyridine rings is 1. The van der Waals surface area contributed by atoms with E-state index in [0.29, 0.717) is 23.7 Å². The van der Waals surface area contributed by atoms with Crippen LogP contribution < -0.4 is 9.64 Å². The summed E-state index contributed by atoms with van der Waals surface area (Å²) in [6, 6.07) is 5.00. The van der Waals surface area contributed by atoms with Crippen LogP contribution in [-0.2, 0) is 4.74 Å². The molecule has 0 aliphatic carbocycles. The lowest BCUT2D eigenvalue weighted by Crippen LogP contribution is -2.70. The van der Waals surface area contributed by atoms with Crippen LogP contribution in [0.25, 0.3) is 0 Å². The third-order valence-corrected chi connectivity index (χ3v) is 6.72. The van der Waals surface area contributed by atoms with Gasteiger partial charge in [-0.1, -0.05) is 0 Å². The van der Waals surface area contributed by atoms with Crippen LogP contribution in [0, 0.1) is 13.8 Å². The van der Waals surface area contributed by atoms with Crippen LogP contribution in [0.15, 0.2) is 24.7 Å². The minimum Gasteiger partial charge on any atom is -0.447 e. The van der Waals surface area contributed by atoms with Crippen molar-refractivity contribution < 1.29 is 14.3 Å². The van der Waals surface area contributed by atoms with E-state index in [1.54, 1.807) is 12.5 Å². The third kappa shape index (κ3) is 3.47. The summed E-state index contributed by atoms with van der Waals surface area (Å²) in [5.74, 6) is 2.21. The largest absolute Gasteiger partial charge is 0.447 e. The highest BCUT2D eigenvalue weighted by Gasteiger charge is 2.53. The number of hydrogen-bond donors (Lipinski definition) is 0. The molecule has 0 spiro atoms. The number of ether oxygens (including phenoxy) is 2. The fourth-order valence-corrected chi connectivity index (χ4v) is 5.52. The molecule has 0 unspecified atom stereocenters. The number of aryl methyl sites for hydroxylation is 1. The highest BCUT2D eigenvalue weighted by atomic mass is 16.6. The summed E-state index contributed by atoms with van der Waals surface area (Å²) in [6.07, 6.45) is 6.87. The van der Waals surface area contributed by atoms with Crippen LogP contribution in [0.4, 0.5) is 10.6 Å². The summed E-state index contributed by atoms with van der Waals surface area (Å²) in [6.45, 7) is 7.75. The van der Waals surface area contributed by atoms with E-state index in [-0.39, 0.29) is 24.3 Å². The molecule has 6 heterocycles. The van der Waals surface area contributed by atoms with Gasteiger partial charge in [0.25, 0.3) is 0 Å². The summed E-state index contributed by atoms with van der Waals surface area (Å²) >= 11 is 0. The molecule has 0 radical (unpaired) electrons. The van der Waals surface area contributed by atoms with E-state index in [1.807, 2.05) is 44.7 Å². The molecule has 8 heteroatoms. The van der Waals surface area contributed by atoms with Gasteiger partial charge in [-0.05, 0) is 65.5 Å². The lowest BCUT2D eigenvalue weighted by molar-refractivity contribution is -0.0215. The Hall–Kier alpha value is -2.90. The van der Waals surface area contributed by atoms with Crippen LogP contribution in [0.2, 0.25) is 0 Å². The van der Waals surface area contributed by atoms with Gasteiger partial charge in [-0.3, -0.25) is 4.98 Å². The number of hydrogen-bond acceptors (Lipinski definition) is 7. The molecule has 164 valence electrons. The van der Waals surface area contributed by atoms with Crippen LogP contribution in [-0.4, -0.2) is 56.2 Å². The van der Waals surface area contributed by atoms with E-state index in [4.69, 9.17) is 9.47 Å². The summed E-state index contributed by atoms with van der Waals surface area (Å²) in [5, 5.41) is 0. The topological polar surface area (TPSA) is 80.7 Å². The average molecular weight is 424 g/mol. The van der Waals surface area contributed by atoms with Crippen molar-refractivity contribution >= 4 is 11.9 Å². The van der Waals surface area contributed by atoms with Crippen LogP contribution >= 0.6 is 0 Å². The van der Waals surface area contributed by atoms with Crippen molar-refractivity contribution in [1.82, 2.24) is 19.9 Å². The SMILES string of the molecule is Cc1ncccc1Oc1ncnc(N2C3CC4CC2CC(C3)N4C(=O)OC(C)C)c1C. The highest BCUT2D eigenvalue weighted by Crippen LogP contribution is 2.47. The number of carbonyl (C=O) groups is 1. The molecule has 4 aliphatic rings. The second-order valence-corrected chi connectivity index (χ2v) is 9.12. The molecule has 8 nitrogen and oxygen atoms in total. The first-order chi connectivity index (χ1) is 14.9. The maximum absolute atomic E-state index is 12.6. The normalized spacial score (nSPS) is 26.5. The monoisotopic (exact) mass is 423 g/mol. The average Bonchev–Trinajstić information content (AvgIpc) is 2.70. The Morgan fingerprint density at radius 3 is 2.32 bits per heavy atom. The van der Waals surface area contributed by atoms with Crippen molar-refractivity contribution in [2.75, 3.05) is 4.90 Å². The van der Waals surface area contributed by atoms with Crippen LogP contribution in [0.1, 0.15) is 50.8 Å². The van der Waals surface area contributed by atoms with Crippen LogP contribution in [0.5, 0.6) is 11.6 Å². The number of carbonyl (C=O) groups excluding carboxylic acids is 1. The van der Waals surface area contributed by atoms with Crippen molar-refractivity contribution in [3.63, 3.8) is 0 Å². The molecule has 2 aromatic rings. The van der Waals surface area contributed by atoms with E-state index in [0.717, 1.165) is 42.8 Å². The zero-order valence-corrected chi connectivity index (χ0v) is 18.5. The maximum atomic E-state index is 12.6. The molecule has 2 aromatic heterocycles. The summed E-state index contributed by atoms with van der Waals surface area (Å²) in [4.78, 5) is 30.5.